The number of amides is 3. The lowest BCUT2D eigenvalue weighted by atomic mass is 10.1. The van der Waals surface area contributed by atoms with Gasteiger partial charge in [-0.05, 0) is 33.3 Å². The zero-order chi connectivity index (χ0) is 19.3. The van der Waals surface area contributed by atoms with Crippen LogP contribution in [0.2, 0.25) is 0 Å². The summed E-state index contributed by atoms with van der Waals surface area (Å²) in [5.41, 5.74) is 1.87. The molecule has 1 aromatic carbocycles. The maximum absolute atomic E-state index is 12.2. The van der Waals surface area contributed by atoms with Crippen LogP contribution < -0.4 is 10.6 Å². The first kappa shape index (κ1) is 19.2. The van der Waals surface area contributed by atoms with Gasteiger partial charge in [0.1, 0.15) is 17.1 Å². The van der Waals surface area contributed by atoms with Crippen molar-refractivity contribution in [3.63, 3.8) is 0 Å². The second-order valence-corrected chi connectivity index (χ2v) is 5.92. The van der Waals surface area contributed by atoms with Gasteiger partial charge >= 0.3 is 12.0 Å². The Balaban J connectivity index is 1.86. The van der Waals surface area contributed by atoms with E-state index in [-0.39, 0.29) is 6.54 Å². The number of imide groups is 1. The molecule has 0 aliphatic carbocycles. The number of carbonyl (C=O) groups is 3. The molecule has 2 N–H and O–H groups in total. The van der Waals surface area contributed by atoms with E-state index in [1.54, 1.807) is 20.8 Å². The van der Waals surface area contributed by atoms with Crippen LogP contribution in [-0.4, -0.2) is 24.0 Å². The molecule has 0 radical (unpaired) electrons. The van der Waals surface area contributed by atoms with Crippen LogP contribution in [0.3, 0.4) is 0 Å². The van der Waals surface area contributed by atoms with E-state index >= 15 is 0 Å². The van der Waals surface area contributed by atoms with Gasteiger partial charge in [-0.25, -0.2) is 9.59 Å². The van der Waals surface area contributed by atoms with Crippen molar-refractivity contribution in [2.75, 3.05) is 0 Å². The number of hydrogen-bond donors (Lipinski definition) is 2. The third-order valence-electron chi connectivity index (χ3n) is 3.95. The number of ether oxygens (including phenoxy) is 1. The summed E-state index contributed by atoms with van der Waals surface area (Å²) in [6.45, 7) is 6.81. The Bertz CT molecular complexity index is 811. The fourth-order valence-corrected chi connectivity index (χ4v) is 2.40. The molecule has 1 aromatic heterocycles. The van der Waals surface area contributed by atoms with Gasteiger partial charge in [0.05, 0.1) is 0 Å². The molecule has 0 saturated heterocycles. The van der Waals surface area contributed by atoms with Gasteiger partial charge in [-0.2, -0.15) is 0 Å². The number of hydrogen-bond acceptors (Lipinski definition) is 5. The molecule has 7 nitrogen and oxygen atoms in total. The van der Waals surface area contributed by atoms with Gasteiger partial charge < -0.3 is 14.5 Å². The van der Waals surface area contributed by atoms with E-state index in [1.807, 2.05) is 30.3 Å². The van der Waals surface area contributed by atoms with Crippen molar-refractivity contribution < 1.29 is 23.5 Å². The van der Waals surface area contributed by atoms with Crippen molar-refractivity contribution in [1.82, 2.24) is 10.6 Å². The molecule has 2 rings (SSSR count). The molecule has 7 heteroatoms. The highest BCUT2D eigenvalue weighted by atomic mass is 16.5. The normalized spacial score (nSPS) is 11.5. The van der Waals surface area contributed by atoms with E-state index in [0.29, 0.717) is 22.6 Å². The Labute approximate surface area is 151 Å². The average Bonchev–Trinajstić information content (AvgIpc) is 2.86. The smallest absolute Gasteiger partial charge is 0.342 e. The summed E-state index contributed by atoms with van der Waals surface area (Å²) >= 11 is 0. The van der Waals surface area contributed by atoms with Crippen molar-refractivity contribution >= 4 is 17.9 Å². The molecule has 0 aliphatic heterocycles. The molecule has 26 heavy (non-hydrogen) atoms. The molecule has 0 unspecified atom stereocenters. The Morgan fingerprint density at radius 3 is 2.31 bits per heavy atom. The van der Waals surface area contributed by atoms with Crippen LogP contribution in [0.15, 0.2) is 34.7 Å². The molecular formula is C19H22N2O5. The summed E-state index contributed by atoms with van der Waals surface area (Å²) in [7, 11) is 0. The van der Waals surface area contributed by atoms with Crippen LogP contribution in [0.5, 0.6) is 0 Å². The number of nitrogens with one attached hydrogen (secondary N) is 2. The minimum Gasteiger partial charge on any atom is -0.465 e. The van der Waals surface area contributed by atoms with Crippen molar-refractivity contribution in [3.8, 4) is 0 Å². The third-order valence-corrected chi connectivity index (χ3v) is 3.95. The van der Waals surface area contributed by atoms with Crippen molar-refractivity contribution in [1.29, 1.82) is 0 Å². The van der Waals surface area contributed by atoms with Gasteiger partial charge in [0.25, 0.3) is 5.91 Å². The molecule has 0 bridgehead atoms. The summed E-state index contributed by atoms with van der Waals surface area (Å²) in [6, 6.07) is 8.61. The van der Waals surface area contributed by atoms with E-state index in [1.165, 1.54) is 6.92 Å². The highest BCUT2D eigenvalue weighted by Gasteiger charge is 2.25. The molecule has 1 heterocycles. The number of benzene rings is 1. The quantitative estimate of drug-likeness (QED) is 0.801. The Kier molecular flexibility index (Phi) is 6.16. The molecule has 3 amide bonds. The van der Waals surface area contributed by atoms with Gasteiger partial charge in [0.2, 0.25) is 0 Å². The van der Waals surface area contributed by atoms with Crippen LogP contribution >= 0.6 is 0 Å². The van der Waals surface area contributed by atoms with E-state index in [0.717, 1.165) is 5.56 Å². The number of urea groups is 1. The first-order valence-electron chi connectivity index (χ1n) is 8.19. The van der Waals surface area contributed by atoms with E-state index in [2.05, 4.69) is 10.6 Å². The molecule has 138 valence electrons. The van der Waals surface area contributed by atoms with Crippen LogP contribution in [0.1, 0.15) is 39.9 Å². The predicted octanol–water partition coefficient (Wildman–Crippen LogP) is 2.78. The average molecular weight is 358 g/mol. The van der Waals surface area contributed by atoms with Gasteiger partial charge in [0, 0.05) is 12.1 Å². The number of carbonyl (C=O) groups excluding carboxylic acids is 3. The summed E-state index contributed by atoms with van der Waals surface area (Å²) in [5.74, 6) is -0.325. The summed E-state index contributed by atoms with van der Waals surface area (Å²) in [5, 5.41) is 4.72. The van der Waals surface area contributed by atoms with Crippen LogP contribution in [0.4, 0.5) is 4.79 Å². The van der Waals surface area contributed by atoms with Gasteiger partial charge in [-0.1, -0.05) is 30.3 Å². The second-order valence-electron chi connectivity index (χ2n) is 5.92. The van der Waals surface area contributed by atoms with Gasteiger partial charge in [-0.15, -0.1) is 0 Å². The van der Waals surface area contributed by atoms with E-state index < -0.39 is 24.0 Å². The maximum atomic E-state index is 12.2. The van der Waals surface area contributed by atoms with Crippen molar-refractivity contribution in [3.05, 3.63) is 58.5 Å². The standard InChI is InChI=1S/C19H22N2O5/c1-11-12(2)25-13(3)16(11)18(23)26-14(4)17(22)21-19(24)20-10-15-8-6-5-7-9-15/h5-9,14H,10H2,1-4H3,(H2,20,21,22,24)/t14-/m0/s1. The molecule has 0 spiro atoms. The van der Waals surface area contributed by atoms with E-state index in [9.17, 15) is 14.4 Å². The first-order valence-corrected chi connectivity index (χ1v) is 8.19. The topological polar surface area (TPSA) is 97.6 Å². The lowest BCUT2D eigenvalue weighted by Gasteiger charge is -2.13. The summed E-state index contributed by atoms with van der Waals surface area (Å²) < 4.78 is 10.5. The Morgan fingerprint density at radius 2 is 1.73 bits per heavy atom. The van der Waals surface area contributed by atoms with Gasteiger partial charge in [-0.3, -0.25) is 10.1 Å². The highest BCUT2D eigenvalue weighted by Crippen LogP contribution is 2.21. The molecule has 0 aliphatic rings. The van der Waals surface area contributed by atoms with Crippen molar-refractivity contribution in [2.45, 2.75) is 40.3 Å². The lowest BCUT2D eigenvalue weighted by Crippen LogP contribution is -2.44. The highest BCUT2D eigenvalue weighted by molar-refractivity contribution is 5.99. The zero-order valence-electron chi connectivity index (χ0n) is 15.2. The lowest BCUT2D eigenvalue weighted by molar-refractivity contribution is -0.127. The SMILES string of the molecule is Cc1oc(C)c(C(=O)O[C@@H](C)C(=O)NC(=O)NCc2ccccc2)c1C. The predicted molar refractivity (Wildman–Crippen MR) is 94.6 cm³/mol. The third kappa shape index (κ3) is 4.72. The molecular weight excluding hydrogens is 336 g/mol. The molecule has 1 atom stereocenters. The fraction of sp³-hybridized carbons (Fsp3) is 0.316. The van der Waals surface area contributed by atoms with Crippen molar-refractivity contribution in [2.24, 2.45) is 0 Å². The zero-order valence-corrected chi connectivity index (χ0v) is 15.2. The fourth-order valence-electron chi connectivity index (χ4n) is 2.40. The number of furan rings is 1. The minimum absolute atomic E-state index is 0.279. The Hall–Kier alpha value is -3.09. The number of esters is 1. The van der Waals surface area contributed by atoms with Gasteiger partial charge in [0.15, 0.2) is 6.10 Å². The minimum atomic E-state index is -1.13. The van der Waals surface area contributed by atoms with E-state index in [4.69, 9.17) is 9.15 Å². The maximum Gasteiger partial charge on any atom is 0.342 e. The summed E-state index contributed by atoms with van der Waals surface area (Å²) in [4.78, 5) is 36.1. The largest absolute Gasteiger partial charge is 0.465 e. The number of aryl methyl sites for hydroxylation is 2. The molecule has 0 fully saturated rings. The second kappa shape index (κ2) is 8.33. The number of rotatable bonds is 5. The first-order chi connectivity index (χ1) is 12.3. The van der Waals surface area contributed by atoms with Crippen LogP contribution in [0.25, 0.3) is 0 Å². The summed E-state index contributed by atoms with van der Waals surface area (Å²) in [6.07, 6.45) is -1.13. The monoisotopic (exact) mass is 358 g/mol. The van der Waals surface area contributed by atoms with Crippen LogP contribution in [0, 0.1) is 20.8 Å². The molecule has 0 saturated carbocycles. The molecule has 2 aromatic rings. The Morgan fingerprint density at radius 1 is 1.08 bits per heavy atom. The van der Waals surface area contributed by atoms with Crippen LogP contribution in [-0.2, 0) is 16.1 Å².